The molecule has 0 aliphatic heterocycles. The summed E-state index contributed by atoms with van der Waals surface area (Å²) in [5.41, 5.74) is 0. The molecule has 22 heavy (non-hydrogen) atoms. The number of carbonyl (C=O) groups excluding carboxylic acids is 3. The SMILES string of the molecule is CCCCCCCCCC(=O)CCC(=O)CCCCC(C)=O. The molecule has 3 nitrogen and oxygen atoms in total. The van der Waals surface area contributed by atoms with Crippen molar-refractivity contribution in [2.24, 2.45) is 0 Å². The molecule has 0 unspecified atom stereocenters. The van der Waals surface area contributed by atoms with Crippen LogP contribution in [0.1, 0.15) is 104 Å². The first-order chi connectivity index (χ1) is 10.6. The molecular weight excluding hydrogens is 276 g/mol. The molecule has 0 atom stereocenters. The van der Waals surface area contributed by atoms with Gasteiger partial charge >= 0.3 is 0 Å². The average Bonchev–Trinajstić information content (AvgIpc) is 2.48. The monoisotopic (exact) mass is 310 g/mol. The van der Waals surface area contributed by atoms with E-state index >= 15 is 0 Å². The Morgan fingerprint density at radius 3 is 1.45 bits per heavy atom. The number of Topliss-reactive ketones (excluding diaryl/α,β-unsaturated/α-hetero) is 3. The molecule has 0 aromatic carbocycles. The number of carbonyl (C=O) groups is 3. The molecule has 0 spiro atoms. The topological polar surface area (TPSA) is 51.2 Å². The van der Waals surface area contributed by atoms with Gasteiger partial charge in [-0.05, 0) is 26.2 Å². The molecule has 3 heteroatoms. The van der Waals surface area contributed by atoms with Gasteiger partial charge in [-0.15, -0.1) is 0 Å². The summed E-state index contributed by atoms with van der Waals surface area (Å²) in [6, 6.07) is 0. The van der Waals surface area contributed by atoms with Gasteiger partial charge in [0.05, 0.1) is 0 Å². The smallest absolute Gasteiger partial charge is 0.133 e. The van der Waals surface area contributed by atoms with E-state index in [0.717, 1.165) is 25.7 Å². The molecule has 0 amide bonds. The first-order valence-corrected chi connectivity index (χ1v) is 9.09. The van der Waals surface area contributed by atoms with E-state index < -0.39 is 0 Å². The van der Waals surface area contributed by atoms with Crippen molar-refractivity contribution in [3.05, 3.63) is 0 Å². The maximum Gasteiger partial charge on any atom is 0.133 e. The molecule has 0 rings (SSSR count). The van der Waals surface area contributed by atoms with Gasteiger partial charge in [0.2, 0.25) is 0 Å². The van der Waals surface area contributed by atoms with Gasteiger partial charge in [-0.25, -0.2) is 0 Å². The van der Waals surface area contributed by atoms with Crippen LogP contribution in [0, 0.1) is 0 Å². The number of hydrogen-bond acceptors (Lipinski definition) is 3. The Labute approximate surface area is 136 Å². The Morgan fingerprint density at radius 1 is 0.545 bits per heavy atom. The zero-order valence-corrected chi connectivity index (χ0v) is 14.6. The van der Waals surface area contributed by atoms with Crippen molar-refractivity contribution in [2.45, 2.75) is 104 Å². The number of rotatable bonds is 16. The summed E-state index contributed by atoms with van der Waals surface area (Å²) >= 11 is 0. The van der Waals surface area contributed by atoms with E-state index in [1.165, 1.54) is 32.1 Å². The normalized spacial score (nSPS) is 10.6. The second-order valence-electron chi connectivity index (χ2n) is 6.36. The van der Waals surface area contributed by atoms with Crippen molar-refractivity contribution in [1.82, 2.24) is 0 Å². The Balaban J connectivity index is 3.40. The summed E-state index contributed by atoms with van der Waals surface area (Å²) in [5, 5.41) is 0. The van der Waals surface area contributed by atoms with E-state index in [0.29, 0.717) is 32.1 Å². The molecule has 0 saturated heterocycles. The van der Waals surface area contributed by atoms with Crippen LogP contribution in [0.5, 0.6) is 0 Å². The molecule has 0 bridgehead atoms. The van der Waals surface area contributed by atoms with Gasteiger partial charge in [0.25, 0.3) is 0 Å². The Bertz CT molecular complexity index is 321. The highest BCUT2D eigenvalue weighted by atomic mass is 16.1. The molecular formula is C19H34O3. The average molecular weight is 310 g/mol. The van der Waals surface area contributed by atoms with Crippen molar-refractivity contribution in [2.75, 3.05) is 0 Å². The highest BCUT2D eigenvalue weighted by Crippen LogP contribution is 2.10. The predicted molar refractivity (Wildman–Crippen MR) is 91.0 cm³/mol. The highest BCUT2D eigenvalue weighted by molar-refractivity contribution is 5.85. The number of unbranched alkanes of at least 4 members (excludes halogenated alkanes) is 7. The standard InChI is InChI=1S/C19H34O3/c1-3-4-5-6-7-8-9-13-18(21)15-16-19(22)14-11-10-12-17(2)20/h3-16H2,1-2H3. The quantitative estimate of drug-likeness (QED) is 0.368. The van der Waals surface area contributed by atoms with Crippen LogP contribution >= 0.6 is 0 Å². The summed E-state index contributed by atoms with van der Waals surface area (Å²) in [7, 11) is 0. The lowest BCUT2D eigenvalue weighted by molar-refractivity contribution is -0.124. The van der Waals surface area contributed by atoms with Crippen LogP contribution < -0.4 is 0 Å². The first kappa shape index (κ1) is 21.0. The molecule has 0 aliphatic rings. The maximum absolute atomic E-state index is 11.7. The van der Waals surface area contributed by atoms with E-state index in [-0.39, 0.29) is 17.3 Å². The van der Waals surface area contributed by atoms with Crippen LogP contribution in [-0.2, 0) is 14.4 Å². The van der Waals surface area contributed by atoms with Crippen molar-refractivity contribution in [3.63, 3.8) is 0 Å². The van der Waals surface area contributed by atoms with Crippen LogP contribution in [-0.4, -0.2) is 17.3 Å². The van der Waals surface area contributed by atoms with Gasteiger partial charge in [0.1, 0.15) is 17.3 Å². The van der Waals surface area contributed by atoms with Gasteiger partial charge in [-0.2, -0.15) is 0 Å². The fraction of sp³-hybridized carbons (Fsp3) is 0.842. The lowest BCUT2D eigenvalue weighted by atomic mass is 10.0. The number of hydrogen-bond donors (Lipinski definition) is 0. The zero-order valence-electron chi connectivity index (χ0n) is 14.6. The van der Waals surface area contributed by atoms with Crippen molar-refractivity contribution >= 4 is 17.3 Å². The molecule has 0 aromatic heterocycles. The maximum atomic E-state index is 11.7. The summed E-state index contributed by atoms with van der Waals surface area (Å²) in [6.45, 7) is 3.79. The van der Waals surface area contributed by atoms with Gasteiger partial charge < -0.3 is 4.79 Å². The third kappa shape index (κ3) is 15.4. The molecule has 128 valence electrons. The van der Waals surface area contributed by atoms with Crippen molar-refractivity contribution in [1.29, 1.82) is 0 Å². The molecule has 0 aromatic rings. The Kier molecular flexibility index (Phi) is 14.3. The number of ketones is 3. The summed E-state index contributed by atoms with van der Waals surface area (Å²) in [5.74, 6) is 0.569. The predicted octanol–water partition coefficient (Wildman–Crippen LogP) is 5.19. The van der Waals surface area contributed by atoms with E-state index in [1.807, 2.05) is 0 Å². The largest absolute Gasteiger partial charge is 0.300 e. The van der Waals surface area contributed by atoms with Crippen LogP contribution in [0.4, 0.5) is 0 Å². The Morgan fingerprint density at radius 2 is 0.955 bits per heavy atom. The lowest BCUT2D eigenvalue weighted by Gasteiger charge is -2.02. The molecule has 0 radical (unpaired) electrons. The molecule has 0 aliphatic carbocycles. The minimum atomic E-state index is 0.163. The van der Waals surface area contributed by atoms with E-state index in [1.54, 1.807) is 6.92 Å². The van der Waals surface area contributed by atoms with Gasteiger partial charge in [-0.1, -0.05) is 45.4 Å². The second kappa shape index (κ2) is 14.9. The van der Waals surface area contributed by atoms with Gasteiger partial charge in [0, 0.05) is 32.1 Å². The van der Waals surface area contributed by atoms with Gasteiger partial charge in [0.15, 0.2) is 0 Å². The minimum Gasteiger partial charge on any atom is -0.300 e. The Hall–Kier alpha value is -0.990. The van der Waals surface area contributed by atoms with Crippen LogP contribution in [0.15, 0.2) is 0 Å². The summed E-state index contributed by atoms with van der Waals surface area (Å²) in [4.78, 5) is 34.1. The highest BCUT2D eigenvalue weighted by Gasteiger charge is 2.07. The molecule has 0 heterocycles. The van der Waals surface area contributed by atoms with Crippen molar-refractivity contribution < 1.29 is 14.4 Å². The van der Waals surface area contributed by atoms with E-state index in [4.69, 9.17) is 0 Å². The van der Waals surface area contributed by atoms with Crippen LogP contribution in [0.2, 0.25) is 0 Å². The lowest BCUT2D eigenvalue weighted by Crippen LogP contribution is -2.04. The minimum absolute atomic E-state index is 0.163. The second-order valence-corrected chi connectivity index (χ2v) is 6.36. The molecule has 0 N–H and O–H groups in total. The fourth-order valence-corrected chi connectivity index (χ4v) is 2.50. The van der Waals surface area contributed by atoms with E-state index in [9.17, 15) is 14.4 Å². The third-order valence-corrected chi connectivity index (χ3v) is 3.98. The van der Waals surface area contributed by atoms with Crippen LogP contribution in [0.25, 0.3) is 0 Å². The fourth-order valence-electron chi connectivity index (χ4n) is 2.50. The summed E-state index contributed by atoms with van der Waals surface area (Å²) in [6.07, 6.45) is 12.5. The van der Waals surface area contributed by atoms with Gasteiger partial charge in [-0.3, -0.25) is 9.59 Å². The van der Waals surface area contributed by atoms with E-state index in [2.05, 4.69) is 6.92 Å². The van der Waals surface area contributed by atoms with Crippen LogP contribution in [0.3, 0.4) is 0 Å². The molecule has 0 fully saturated rings. The summed E-state index contributed by atoms with van der Waals surface area (Å²) < 4.78 is 0. The molecule has 0 saturated carbocycles. The third-order valence-electron chi connectivity index (χ3n) is 3.98. The first-order valence-electron chi connectivity index (χ1n) is 9.09. The zero-order chi connectivity index (χ0) is 16.6. The van der Waals surface area contributed by atoms with Crippen molar-refractivity contribution in [3.8, 4) is 0 Å².